The second kappa shape index (κ2) is 8.66. The van der Waals surface area contributed by atoms with Gasteiger partial charge in [-0.1, -0.05) is 17.7 Å². The van der Waals surface area contributed by atoms with E-state index in [4.69, 9.17) is 16.7 Å². The average Bonchev–Trinajstić information content (AvgIpc) is 2.68. The smallest absolute Gasteiger partial charge is 0.337 e. The van der Waals surface area contributed by atoms with Gasteiger partial charge < -0.3 is 10.0 Å². The molecule has 29 heavy (non-hydrogen) atoms. The van der Waals surface area contributed by atoms with E-state index in [1.807, 2.05) is 14.0 Å². The van der Waals surface area contributed by atoms with E-state index < -0.39 is 16.2 Å². The first kappa shape index (κ1) is 21.5. The van der Waals surface area contributed by atoms with Gasteiger partial charge in [-0.15, -0.1) is 0 Å². The standard InChI is InChI=1S/C19H23ClN4O4S/c1-14-12-23(9-8-22(14)2)29(27,28)24(18-5-3-4-16(20)10-18)13-17-7-6-15(11-21-17)19(25)26/h3-7,10-11,14H,8-9,12-13H2,1-2H3,(H,25,26)/t14-/m0/s1. The number of hydrogen-bond donors (Lipinski definition) is 1. The van der Waals surface area contributed by atoms with Crippen LogP contribution in [-0.2, 0) is 16.8 Å². The molecule has 0 unspecified atom stereocenters. The number of aromatic nitrogens is 1. The van der Waals surface area contributed by atoms with Gasteiger partial charge in [-0.25, -0.2) is 4.79 Å². The zero-order valence-corrected chi connectivity index (χ0v) is 17.8. The van der Waals surface area contributed by atoms with E-state index in [9.17, 15) is 13.2 Å². The quantitative estimate of drug-likeness (QED) is 0.743. The van der Waals surface area contributed by atoms with E-state index in [1.54, 1.807) is 24.3 Å². The molecular weight excluding hydrogens is 416 g/mol. The molecule has 1 aliphatic rings. The molecule has 1 aromatic carbocycles. The van der Waals surface area contributed by atoms with Crippen LogP contribution < -0.4 is 4.31 Å². The molecule has 1 fully saturated rings. The number of carboxylic acid groups (broad SMARTS) is 1. The first-order valence-corrected chi connectivity index (χ1v) is 10.9. The van der Waals surface area contributed by atoms with Gasteiger partial charge in [0, 0.05) is 36.9 Å². The Morgan fingerprint density at radius 2 is 2.07 bits per heavy atom. The second-order valence-electron chi connectivity index (χ2n) is 7.03. The molecule has 0 amide bonds. The van der Waals surface area contributed by atoms with Crippen LogP contribution in [0.1, 0.15) is 23.0 Å². The lowest BCUT2D eigenvalue weighted by molar-refractivity contribution is 0.0696. The predicted molar refractivity (Wildman–Crippen MR) is 111 cm³/mol. The van der Waals surface area contributed by atoms with Crippen LogP contribution in [0.15, 0.2) is 42.6 Å². The van der Waals surface area contributed by atoms with Gasteiger partial charge in [0.2, 0.25) is 0 Å². The highest BCUT2D eigenvalue weighted by Crippen LogP contribution is 2.27. The van der Waals surface area contributed by atoms with Gasteiger partial charge >= 0.3 is 16.2 Å². The first-order valence-electron chi connectivity index (χ1n) is 9.10. The minimum atomic E-state index is -3.85. The van der Waals surface area contributed by atoms with Crippen molar-refractivity contribution in [3.8, 4) is 0 Å². The van der Waals surface area contributed by atoms with Crippen molar-refractivity contribution in [3.63, 3.8) is 0 Å². The van der Waals surface area contributed by atoms with E-state index in [-0.39, 0.29) is 18.2 Å². The Morgan fingerprint density at radius 3 is 2.66 bits per heavy atom. The first-order chi connectivity index (χ1) is 13.7. The number of likely N-dealkylation sites (N-methyl/N-ethyl adjacent to an activating group) is 1. The van der Waals surface area contributed by atoms with Gasteiger partial charge in [-0.3, -0.25) is 9.29 Å². The fourth-order valence-electron chi connectivity index (χ4n) is 3.09. The van der Waals surface area contributed by atoms with Gasteiger partial charge in [0.25, 0.3) is 0 Å². The number of anilines is 1. The molecule has 8 nitrogen and oxygen atoms in total. The third kappa shape index (κ3) is 4.87. The molecule has 1 atom stereocenters. The Morgan fingerprint density at radius 1 is 1.31 bits per heavy atom. The molecule has 10 heteroatoms. The molecule has 2 aromatic rings. The van der Waals surface area contributed by atoms with Crippen LogP contribution in [0.5, 0.6) is 0 Å². The lowest BCUT2D eigenvalue weighted by atomic mass is 10.2. The van der Waals surface area contributed by atoms with Crippen LogP contribution in [-0.4, -0.2) is 66.4 Å². The van der Waals surface area contributed by atoms with Crippen LogP contribution in [0.2, 0.25) is 5.02 Å². The topological polar surface area (TPSA) is 94.0 Å². The minimum Gasteiger partial charge on any atom is -0.478 e. The Kier molecular flexibility index (Phi) is 6.42. The van der Waals surface area contributed by atoms with E-state index in [1.165, 1.54) is 26.9 Å². The molecular formula is C19H23ClN4O4S. The van der Waals surface area contributed by atoms with Crippen molar-refractivity contribution >= 4 is 33.5 Å². The van der Waals surface area contributed by atoms with Crippen molar-refractivity contribution in [1.82, 2.24) is 14.2 Å². The Balaban J connectivity index is 1.95. The van der Waals surface area contributed by atoms with Gasteiger partial charge in [0.15, 0.2) is 0 Å². The van der Waals surface area contributed by atoms with Gasteiger partial charge in [0.05, 0.1) is 23.5 Å². The highest BCUT2D eigenvalue weighted by atomic mass is 35.5. The van der Waals surface area contributed by atoms with Crippen molar-refractivity contribution in [2.45, 2.75) is 19.5 Å². The maximum absolute atomic E-state index is 13.5. The van der Waals surface area contributed by atoms with E-state index in [2.05, 4.69) is 9.88 Å². The summed E-state index contributed by atoms with van der Waals surface area (Å²) in [6, 6.07) is 9.64. The van der Waals surface area contributed by atoms with Gasteiger partial charge in [-0.2, -0.15) is 12.7 Å². The van der Waals surface area contributed by atoms with Crippen LogP contribution in [0.25, 0.3) is 0 Å². The average molecular weight is 439 g/mol. The maximum atomic E-state index is 13.5. The van der Waals surface area contributed by atoms with Gasteiger partial charge in [0.1, 0.15) is 0 Å². The third-order valence-corrected chi connectivity index (χ3v) is 7.12. The van der Waals surface area contributed by atoms with Crippen molar-refractivity contribution < 1.29 is 18.3 Å². The number of pyridine rings is 1. The van der Waals surface area contributed by atoms with E-state index >= 15 is 0 Å². The van der Waals surface area contributed by atoms with E-state index in [0.29, 0.717) is 36.0 Å². The summed E-state index contributed by atoms with van der Waals surface area (Å²) in [5.74, 6) is -1.09. The number of piperazine rings is 1. The highest BCUT2D eigenvalue weighted by molar-refractivity contribution is 7.90. The number of halogens is 1. The zero-order valence-electron chi connectivity index (χ0n) is 16.2. The number of carbonyl (C=O) groups is 1. The summed E-state index contributed by atoms with van der Waals surface area (Å²) in [5.41, 5.74) is 0.896. The fourth-order valence-corrected chi connectivity index (χ4v) is 4.95. The molecule has 0 aliphatic carbocycles. The predicted octanol–water partition coefficient (Wildman–Crippen LogP) is 2.32. The van der Waals surface area contributed by atoms with Gasteiger partial charge in [-0.05, 0) is 44.3 Å². The van der Waals surface area contributed by atoms with Crippen LogP contribution >= 0.6 is 11.6 Å². The summed E-state index contributed by atoms with van der Waals surface area (Å²) < 4.78 is 29.7. The number of aromatic carboxylic acids is 1. The molecule has 1 aliphatic heterocycles. The second-order valence-corrected chi connectivity index (χ2v) is 9.31. The van der Waals surface area contributed by atoms with E-state index in [0.717, 1.165) is 0 Å². The highest BCUT2D eigenvalue weighted by Gasteiger charge is 2.34. The molecule has 3 rings (SSSR count). The molecule has 2 heterocycles. The van der Waals surface area contributed by atoms with Crippen LogP contribution in [0, 0.1) is 0 Å². The summed E-state index contributed by atoms with van der Waals surface area (Å²) in [7, 11) is -1.88. The van der Waals surface area contributed by atoms with Crippen LogP contribution in [0.3, 0.4) is 0 Å². The summed E-state index contributed by atoms with van der Waals surface area (Å²) in [6.45, 7) is 3.34. The molecule has 0 radical (unpaired) electrons. The summed E-state index contributed by atoms with van der Waals surface area (Å²) in [4.78, 5) is 17.3. The number of rotatable bonds is 6. The third-order valence-electron chi connectivity index (χ3n) is 5.00. The fraction of sp³-hybridized carbons (Fsp3) is 0.368. The number of nitrogens with zero attached hydrogens (tertiary/aromatic N) is 4. The Labute approximate surface area is 175 Å². The lowest BCUT2D eigenvalue weighted by Crippen LogP contribution is -2.55. The molecule has 156 valence electrons. The van der Waals surface area contributed by atoms with Crippen molar-refractivity contribution in [1.29, 1.82) is 0 Å². The normalized spacial score (nSPS) is 18.5. The number of benzene rings is 1. The van der Waals surface area contributed by atoms with Crippen molar-refractivity contribution in [2.75, 3.05) is 31.0 Å². The maximum Gasteiger partial charge on any atom is 0.337 e. The zero-order chi connectivity index (χ0) is 21.2. The number of carboxylic acids is 1. The molecule has 0 bridgehead atoms. The Hall–Kier alpha value is -2.20. The molecule has 1 saturated heterocycles. The number of hydrogen-bond acceptors (Lipinski definition) is 5. The minimum absolute atomic E-state index is 0.0384. The SMILES string of the molecule is C[C@H]1CN(S(=O)(=O)N(Cc2ccc(C(=O)O)cn2)c2cccc(Cl)c2)CCN1C. The van der Waals surface area contributed by atoms with Crippen LogP contribution in [0.4, 0.5) is 5.69 Å². The molecule has 1 aromatic heterocycles. The molecule has 1 N–H and O–H groups in total. The largest absolute Gasteiger partial charge is 0.478 e. The molecule has 0 saturated carbocycles. The Bertz CT molecular complexity index is 984. The summed E-state index contributed by atoms with van der Waals surface area (Å²) in [5, 5.41) is 9.46. The summed E-state index contributed by atoms with van der Waals surface area (Å²) in [6.07, 6.45) is 1.22. The summed E-state index contributed by atoms with van der Waals surface area (Å²) >= 11 is 6.10. The van der Waals surface area contributed by atoms with Crippen molar-refractivity contribution in [2.24, 2.45) is 0 Å². The monoisotopic (exact) mass is 438 g/mol. The molecule has 0 spiro atoms. The lowest BCUT2D eigenvalue weighted by Gasteiger charge is -2.39. The van der Waals surface area contributed by atoms with Crippen molar-refractivity contribution in [3.05, 3.63) is 58.9 Å².